The number of rotatable bonds is 4. The van der Waals surface area contributed by atoms with Gasteiger partial charge in [0.2, 0.25) is 0 Å². The van der Waals surface area contributed by atoms with Crippen molar-refractivity contribution in [2.45, 2.75) is 6.54 Å². The first-order chi connectivity index (χ1) is 8.56. The van der Waals surface area contributed by atoms with Crippen LogP contribution in [-0.2, 0) is 18.4 Å². The lowest BCUT2D eigenvalue weighted by molar-refractivity contribution is -0.131. The molecule has 2 aromatic rings. The predicted molar refractivity (Wildman–Crippen MR) is 69.8 cm³/mol. The van der Waals surface area contributed by atoms with Crippen molar-refractivity contribution in [3.8, 4) is 0 Å². The number of aryl methyl sites for hydroxylation is 1. The molecule has 2 rings (SSSR count). The average molecular weight is 264 g/mol. The Labute approximate surface area is 107 Å². The van der Waals surface area contributed by atoms with Gasteiger partial charge in [0.05, 0.1) is 6.54 Å². The molecule has 0 saturated carbocycles. The van der Waals surface area contributed by atoms with Crippen LogP contribution in [0.1, 0.15) is 9.75 Å². The van der Waals surface area contributed by atoms with Crippen LogP contribution in [0.5, 0.6) is 0 Å². The highest BCUT2D eigenvalue weighted by molar-refractivity contribution is 7.12. The average Bonchev–Trinajstić information content (AvgIpc) is 2.89. The molecule has 5 nitrogen and oxygen atoms in total. The molecule has 2 aromatic heterocycles. The van der Waals surface area contributed by atoms with Crippen molar-refractivity contribution in [1.82, 2.24) is 9.13 Å². The van der Waals surface area contributed by atoms with Crippen LogP contribution in [0.3, 0.4) is 0 Å². The summed E-state index contributed by atoms with van der Waals surface area (Å²) >= 11 is 1.47. The van der Waals surface area contributed by atoms with Crippen molar-refractivity contribution in [3.63, 3.8) is 0 Å². The number of aliphatic carboxylic acids is 1. The number of hydrogen-bond donors (Lipinski definition) is 1. The third kappa shape index (κ3) is 2.78. The molecular weight excluding hydrogens is 252 g/mol. The number of carbonyl (C=O) groups is 1. The Hall–Kier alpha value is -2.08. The number of hydrogen-bond acceptors (Lipinski definition) is 3. The van der Waals surface area contributed by atoms with E-state index < -0.39 is 5.97 Å². The number of thiophene rings is 1. The highest BCUT2D eigenvalue weighted by Crippen LogP contribution is 2.18. The van der Waals surface area contributed by atoms with Gasteiger partial charge in [-0.05, 0) is 18.2 Å². The van der Waals surface area contributed by atoms with E-state index >= 15 is 0 Å². The normalized spacial score (nSPS) is 11.2. The molecule has 0 unspecified atom stereocenters. The molecule has 0 aromatic carbocycles. The van der Waals surface area contributed by atoms with Gasteiger partial charge in [0, 0.05) is 35.3 Å². The van der Waals surface area contributed by atoms with Gasteiger partial charge in [-0.25, -0.2) is 9.59 Å². The lowest BCUT2D eigenvalue weighted by atomic mass is 10.4. The first-order valence-corrected chi connectivity index (χ1v) is 6.09. The Morgan fingerprint density at radius 1 is 1.44 bits per heavy atom. The molecule has 0 saturated heterocycles. The molecule has 0 aliphatic heterocycles. The van der Waals surface area contributed by atoms with Crippen LogP contribution >= 0.6 is 11.3 Å². The number of nitrogens with zero attached hydrogens (tertiary/aromatic N) is 2. The Kier molecular flexibility index (Phi) is 3.47. The van der Waals surface area contributed by atoms with Crippen LogP contribution < -0.4 is 5.69 Å². The molecule has 0 amide bonds. The fourth-order valence-electron chi connectivity index (χ4n) is 1.52. The molecule has 0 aliphatic rings. The van der Waals surface area contributed by atoms with E-state index in [1.807, 2.05) is 12.1 Å². The van der Waals surface area contributed by atoms with Gasteiger partial charge in [-0.15, -0.1) is 11.3 Å². The highest BCUT2D eigenvalue weighted by Gasteiger charge is 2.03. The molecule has 18 heavy (non-hydrogen) atoms. The SMILES string of the molecule is Cn1ccn(Cc2ccc(/C=C/C(=O)O)s2)c1=O. The maximum Gasteiger partial charge on any atom is 0.328 e. The summed E-state index contributed by atoms with van der Waals surface area (Å²) in [5.41, 5.74) is -0.0639. The van der Waals surface area contributed by atoms with Crippen molar-refractivity contribution >= 4 is 23.4 Å². The summed E-state index contributed by atoms with van der Waals surface area (Å²) in [5.74, 6) is -0.968. The number of carboxylic acids is 1. The second-order valence-electron chi connectivity index (χ2n) is 3.80. The molecule has 0 radical (unpaired) electrons. The van der Waals surface area contributed by atoms with Gasteiger partial charge in [-0.3, -0.25) is 4.57 Å². The molecule has 6 heteroatoms. The lowest BCUT2D eigenvalue weighted by Crippen LogP contribution is -2.21. The molecule has 0 spiro atoms. The summed E-state index contributed by atoms with van der Waals surface area (Å²) in [6.45, 7) is 0.505. The molecule has 0 fully saturated rings. The highest BCUT2D eigenvalue weighted by atomic mass is 32.1. The molecule has 1 N–H and O–H groups in total. The summed E-state index contributed by atoms with van der Waals surface area (Å²) in [5, 5.41) is 8.53. The number of carboxylic acid groups (broad SMARTS) is 1. The molecular formula is C12H12N2O3S. The molecule has 0 atom stereocenters. The van der Waals surface area contributed by atoms with Gasteiger partial charge >= 0.3 is 11.7 Å². The summed E-state index contributed by atoms with van der Waals surface area (Å²) in [6.07, 6.45) is 6.09. The van der Waals surface area contributed by atoms with E-state index in [0.717, 1.165) is 15.8 Å². The lowest BCUT2D eigenvalue weighted by Gasteiger charge is -1.96. The fraction of sp³-hybridized carbons (Fsp3) is 0.167. The van der Waals surface area contributed by atoms with Crippen molar-refractivity contribution < 1.29 is 9.90 Å². The van der Waals surface area contributed by atoms with Crippen molar-refractivity contribution in [3.05, 3.63) is 50.8 Å². The smallest absolute Gasteiger partial charge is 0.328 e. The van der Waals surface area contributed by atoms with E-state index in [-0.39, 0.29) is 5.69 Å². The number of aromatic nitrogens is 2. The van der Waals surface area contributed by atoms with Crippen LogP contribution in [0.25, 0.3) is 6.08 Å². The maximum absolute atomic E-state index is 11.6. The molecule has 0 aliphatic carbocycles. The minimum atomic E-state index is -0.968. The zero-order valence-electron chi connectivity index (χ0n) is 9.74. The largest absolute Gasteiger partial charge is 0.478 e. The summed E-state index contributed by atoms with van der Waals surface area (Å²) in [4.78, 5) is 23.9. The molecule has 94 valence electrons. The number of imidazole rings is 1. The molecule has 0 bridgehead atoms. The zero-order chi connectivity index (χ0) is 13.1. The van der Waals surface area contributed by atoms with Gasteiger partial charge in [0.15, 0.2) is 0 Å². The van der Waals surface area contributed by atoms with Crippen LogP contribution in [-0.4, -0.2) is 20.2 Å². The van der Waals surface area contributed by atoms with E-state index in [1.165, 1.54) is 15.9 Å². The third-order valence-electron chi connectivity index (χ3n) is 2.42. The second-order valence-corrected chi connectivity index (χ2v) is 5.00. The predicted octanol–water partition coefficient (Wildman–Crippen LogP) is 1.39. The van der Waals surface area contributed by atoms with Gasteiger partial charge in [-0.1, -0.05) is 0 Å². The van der Waals surface area contributed by atoms with Gasteiger partial charge in [0.25, 0.3) is 0 Å². The maximum atomic E-state index is 11.6. The van der Waals surface area contributed by atoms with E-state index in [9.17, 15) is 9.59 Å². The quantitative estimate of drug-likeness (QED) is 0.849. The Bertz CT molecular complexity index is 648. The van der Waals surface area contributed by atoms with Crippen molar-refractivity contribution in [2.75, 3.05) is 0 Å². The minimum absolute atomic E-state index is 0.0639. The van der Waals surface area contributed by atoms with Crippen LogP contribution in [0.15, 0.2) is 35.4 Å². The first kappa shape index (κ1) is 12.4. The minimum Gasteiger partial charge on any atom is -0.478 e. The van der Waals surface area contributed by atoms with E-state index in [1.54, 1.807) is 30.1 Å². The zero-order valence-corrected chi connectivity index (χ0v) is 10.6. The summed E-state index contributed by atoms with van der Waals surface area (Å²) < 4.78 is 3.12. The van der Waals surface area contributed by atoms with Crippen molar-refractivity contribution in [2.24, 2.45) is 7.05 Å². The Balaban J connectivity index is 2.14. The molecule has 2 heterocycles. The van der Waals surface area contributed by atoms with E-state index in [0.29, 0.717) is 6.54 Å². The third-order valence-corrected chi connectivity index (χ3v) is 3.45. The van der Waals surface area contributed by atoms with Crippen LogP contribution in [0.4, 0.5) is 0 Å². The van der Waals surface area contributed by atoms with Crippen LogP contribution in [0, 0.1) is 0 Å². The topological polar surface area (TPSA) is 64.2 Å². The first-order valence-electron chi connectivity index (χ1n) is 5.28. The Morgan fingerprint density at radius 3 is 2.83 bits per heavy atom. The van der Waals surface area contributed by atoms with E-state index in [4.69, 9.17) is 5.11 Å². The fourth-order valence-corrected chi connectivity index (χ4v) is 2.44. The Morgan fingerprint density at radius 2 is 2.22 bits per heavy atom. The van der Waals surface area contributed by atoms with E-state index in [2.05, 4.69) is 0 Å². The van der Waals surface area contributed by atoms with Gasteiger partial charge in [-0.2, -0.15) is 0 Å². The summed E-state index contributed by atoms with van der Waals surface area (Å²) in [7, 11) is 1.70. The standard InChI is InChI=1S/C12H12N2O3S/c1-13-6-7-14(12(13)17)8-10-3-2-9(18-10)4-5-11(15)16/h2-7H,8H2,1H3,(H,15,16)/b5-4+. The monoisotopic (exact) mass is 264 g/mol. The van der Waals surface area contributed by atoms with Gasteiger partial charge in [0.1, 0.15) is 0 Å². The van der Waals surface area contributed by atoms with Crippen LogP contribution in [0.2, 0.25) is 0 Å². The van der Waals surface area contributed by atoms with Crippen molar-refractivity contribution in [1.29, 1.82) is 0 Å². The van der Waals surface area contributed by atoms with Gasteiger partial charge < -0.3 is 9.67 Å². The summed E-state index contributed by atoms with van der Waals surface area (Å²) in [6, 6.07) is 3.74. The second kappa shape index (κ2) is 5.05.